The van der Waals surface area contributed by atoms with Gasteiger partial charge in [0.15, 0.2) is 5.82 Å². The van der Waals surface area contributed by atoms with Crippen LogP contribution in [0.25, 0.3) is 12.2 Å². The van der Waals surface area contributed by atoms with Gasteiger partial charge in [-0.2, -0.15) is 5.10 Å². The summed E-state index contributed by atoms with van der Waals surface area (Å²) in [5, 5.41) is 13.4. The van der Waals surface area contributed by atoms with Crippen molar-refractivity contribution in [3.8, 4) is 0 Å². The zero-order valence-electron chi connectivity index (χ0n) is 13.2. The summed E-state index contributed by atoms with van der Waals surface area (Å²) in [5.41, 5.74) is 1.64. The van der Waals surface area contributed by atoms with Crippen molar-refractivity contribution in [2.24, 2.45) is 0 Å². The minimum absolute atomic E-state index is 0.0185. The van der Waals surface area contributed by atoms with Crippen LogP contribution >= 0.6 is 0 Å². The standard InChI is InChI=1S/C16H20N4O2/c1-10(2)15-13(16(21)22)8-17-14(19-15)6-5-12-7-18-20(9-12)11(3)4/h5-11H,1-4H3,(H,21,22). The second-order valence-corrected chi connectivity index (χ2v) is 5.67. The third-order valence-corrected chi connectivity index (χ3v) is 3.19. The second-order valence-electron chi connectivity index (χ2n) is 5.67. The van der Waals surface area contributed by atoms with E-state index in [1.54, 1.807) is 12.3 Å². The van der Waals surface area contributed by atoms with Crippen molar-refractivity contribution >= 4 is 18.1 Å². The number of aromatic nitrogens is 4. The Bertz CT molecular complexity index is 702. The first-order chi connectivity index (χ1) is 10.4. The lowest BCUT2D eigenvalue weighted by atomic mass is 10.1. The number of hydrogen-bond acceptors (Lipinski definition) is 4. The molecule has 0 saturated carbocycles. The largest absolute Gasteiger partial charge is 0.478 e. The van der Waals surface area contributed by atoms with Gasteiger partial charge >= 0.3 is 5.97 Å². The van der Waals surface area contributed by atoms with Crippen LogP contribution in [-0.4, -0.2) is 30.8 Å². The van der Waals surface area contributed by atoms with Crippen LogP contribution in [0.2, 0.25) is 0 Å². The average molecular weight is 300 g/mol. The molecule has 0 saturated heterocycles. The minimum Gasteiger partial charge on any atom is -0.478 e. The van der Waals surface area contributed by atoms with Crippen LogP contribution in [0.5, 0.6) is 0 Å². The molecule has 0 aliphatic carbocycles. The van der Waals surface area contributed by atoms with E-state index in [0.29, 0.717) is 17.6 Å². The Kier molecular flexibility index (Phi) is 4.70. The average Bonchev–Trinajstić information content (AvgIpc) is 2.93. The smallest absolute Gasteiger partial charge is 0.339 e. The molecular formula is C16H20N4O2. The first kappa shape index (κ1) is 15.9. The SMILES string of the molecule is CC(C)c1nc(C=Cc2cnn(C(C)C)c2)ncc1C(=O)O. The predicted molar refractivity (Wildman–Crippen MR) is 84.6 cm³/mol. The van der Waals surface area contributed by atoms with Gasteiger partial charge in [-0.1, -0.05) is 13.8 Å². The fourth-order valence-electron chi connectivity index (χ4n) is 1.99. The molecule has 0 fully saturated rings. The van der Waals surface area contributed by atoms with Crippen LogP contribution in [0.4, 0.5) is 0 Å². The lowest BCUT2D eigenvalue weighted by molar-refractivity contribution is 0.0694. The molecule has 0 radical (unpaired) electrons. The predicted octanol–water partition coefficient (Wildman–Crippen LogP) is 3.25. The molecule has 6 nitrogen and oxygen atoms in total. The molecule has 0 aliphatic rings. The van der Waals surface area contributed by atoms with E-state index in [1.807, 2.05) is 30.8 Å². The number of rotatable bonds is 5. The van der Waals surface area contributed by atoms with Gasteiger partial charge in [0.1, 0.15) is 0 Å². The first-order valence-electron chi connectivity index (χ1n) is 7.21. The van der Waals surface area contributed by atoms with Gasteiger partial charge in [-0.15, -0.1) is 0 Å². The van der Waals surface area contributed by atoms with Crippen LogP contribution in [0, 0.1) is 0 Å². The highest BCUT2D eigenvalue weighted by atomic mass is 16.4. The van der Waals surface area contributed by atoms with Crippen LogP contribution in [-0.2, 0) is 0 Å². The summed E-state index contributed by atoms with van der Waals surface area (Å²) >= 11 is 0. The third-order valence-electron chi connectivity index (χ3n) is 3.19. The Hall–Kier alpha value is -2.50. The summed E-state index contributed by atoms with van der Waals surface area (Å²) in [6.07, 6.45) is 8.70. The lowest BCUT2D eigenvalue weighted by Crippen LogP contribution is -2.08. The molecule has 0 aliphatic heterocycles. The van der Waals surface area contributed by atoms with Crippen molar-refractivity contribution in [1.29, 1.82) is 0 Å². The van der Waals surface area contributed by atoms with Crippen molar-refractivity contribution in [3.63, 3.8) is 0 Å². The highest BCUT2D eigenvalue weighted by molar-refractivity contribution is 5.88. The number of carboxylic acid groups (broad SMARTS) is 1. The van der Waals surface area contributed by atoms with Crippen molar-refractivity contribution in [3.05, 3.63) is 41.2 Å². The van der Waals surface area contributed by atoms with E-state index < -0.39 is 5.97 Å². The second kappa shape index (κ2) is 6.51. The molecule has 0 spiro atoms. The van der Waals surface area contributed by atoms with Crippen LogP contribution < -0.4 is 0 Å². The Labute approximate surface area is 129 Å². The van der Waals surface area contributed by atoms with Crippen molar-refractivity contribution < 1.29 is 9.90 Å². The first-order valence-corrected chi connectivity index (χ1v) is 7.21. The topological polar surface area (TPSA) is 80.9 Å². The summed E-state index contributed by atoms with van der Waals surface area (Å²) < 4.78 is 1.87. The van der Waals surface area contributed by atoms with E-state index in [-0.39, 0.29) is 11.5 Å². The van der Waals surface area contributed by atoms with Crippen molar-refractivity contribution in [1.82, 2.24) is 19.7 Å². The Morgan fingerprint density at radius 1 is 1.23 bits per heavy atom. The van der Waals surface area contributed by atoms with Gasteiger partial charge < -0.3 is 5.11 Å². The van der Waals surface area contributed by atoms with Crippen LogP contribution in [0.1, 0.15) is 67.1 Å². The quantitative estimate of drug-likeness (QED) is 0.916. The molecule has 1 N–H and O–H groups in total. The molecular weight excluding hydrogens is 280 g/mol. The molecule has 2 heterocycles. The summed E-state index contributed by atoms with van der Waals surface area (Å²) in [6, 6.07) is 0.306. The highest BCUT2D eigenvalue weighted by Gasteiger charge is 2.15. The number of carboxylic acids is 1. The highest BCUT2D eigenvalue weighted by Crippen LogP contribution is 2.17. The maximum absolute atomic E-state index is 11.2. The number of hydrogen-bond donors (Lipinski definition) is 1. The molecule has 2 aromatic rings. The fraction of sp³-hybridized carbons (Fsp3) is 0.375. The Balaban J connectivity index is 2.27. The van der Waals surface area contributed by atoms with E-state index in [2.05, 4.69) is 28.9 Å². The van der Waals surface area contributed by atoms with Crippen molar-refractivity contribution in [2.45, 2.75) is 39.7 Å². The normalized spacial score (nSPS) is 11.7. The number of nitrogens with zero attached hydrogens (tertiary/aromatic N) is 4. The third kappa shape index (κ3) is 3.58. The lowest BCUT2D eigenvalue weighted by Gasteiger charge is -2.08. The Morgan fingerprint density at radius 3 is 2.50 bits per heavy atom. The maximum atomic E-state index is 11.2. The molecule has 2 rings (SSSR count). The van der Waals surface area contributed by atoms with Gasteiger partial charge in [0.05, 0.1) is 17.5 Å². The van der Waals surface area contributed by atoms with Gasteiger partial charge in [-0.25, -0.2) is 14.8 Å². The van der Waals surface area contributed by atoms with E-state index in [1.165, 1.54) is 6.20 Å². The van der Waals surface area contributed by atoms with E-state index in [4.69, 9.17) is 5.11 Å². The van der Waals surface area contributed by atoms with E-state index in [9.17, 15) is 4.79 Å². The molecule has 116 valence electrons. The van der Waals surface area contributed by atoms with Gasteiger partial charge in [0.25, 0.3) is 0 Å². The monoisotopic (exact) mass is 300 g/mol. The molecule has 22 heavy (non-hydrogen) atoms. The number of aromatic carboxylic acids is 1. The van der Waals surface area contributed by atoms with Crippen molar-refractivity contribution in [2.75, 3.05) is 0 Å². The molecule has 0 bridgehead atoms. The van der Waals surface area contributed by atoms with E-state index in [0.717, 1.165) is 5.56 Å². The minimum atomic E-state index is -1.00. The molecule has 0 atom stereocenters. The molecule has 0 aromatic carbocycles. The summed E-state index contributed by atoms with van der Waals surface area (Å²) in [5.74, 6) is -0.492. The van der Waals surface area contributed by atoms with Gasteiger partial charge in [0.2, 0.25) is 0 Å². The zero-order chi connectivity index (χ0) is 16.3. The zero-order valence-corrected chi connectivity index (χ0v) is 13.2. The summed E-state index contributed by atoms with van der Waals surface area (Å²) in [6.45, 7) is 7.94. The van der Waals surface area contributed by atoms with Crippen LogP contribution in [0.3, 0.4) is 0 Å². The van der Waals surface area contributed by atoms with Crippen LogP contribution in [0.15, 0.2) is 18.6 Å². The fourth-order valence-corrected chi connectivity index (χ4v) is 1.99. The van der Waals surface area contributed by atoms with E-state index >= 15 is 0 Å². The maximum Gasteiger partial charge on any atom is 0.339 e. The summed E-state index contributed by atoms with van der Waals surface area (Å²) in [7, 11) is 0. The van der Waals surface area contributed by atoms with Gasteiger partial charge in [-0.05, 0) is 31.9 Å². The molecule has 2 aromatic heterocycles. The van der Waals surface area contributed by atoms with Gasteiger partial charge in [0, 0.05) is 24.0 Å². The number of carbonyl (C=O) groups is 1. The molecule has 0 unspecified atom stereocenters. The molecule has 0 amide bonds. The Morgan fingerprint density at radius 2 is 1.95 bits per heavy atom. The molecule has 6 heteroatoms. The van der Waals surface area contributed by atoms with Gasteiger partial charge in [-0.3, -0.25) is 4.68 Å². The summed E-state index contributed by atoms with van der Waals surface area (Å²) in [4.78, 5) is 19.6.